The molecule has 0 unspecified atom stereocenters. The molecule has 0 spiro atoms. The van der Waals surface area contributed by atoms with Gasteiger partial charge in [-0.1, -0.05) is 53.2 Å². The Kier molecular flexibility index (Phi) is 6.14. The number of nitrogens with zero attached hydrogens (tertiary/aromatic N) is 5. The molecular weight excluding hydrogens is 454 g/mol. The molecule has 5 rings (SSSR count). The second-order valence-corrected chi connectivity index (χ2v) is 8.27. The van der Waals surface area contributed by atoms with Crippen molar-refractivity contribution in [3.05, 3.63) is 83.1 Å². The molecule has 2 aromatic carbocycles. The fourth-order valence-electron chi connectivity index (χ4n) is 3.90. The van der Waals surface area contributed by atoms with Crippen LogP contribution in [0.1, 0.15) is 16.1 Å². The first-order valence-corrected chi connectivity index (χ1v) is 11.3. The summed E-state index contributed by atoms with van der Waals surface area (Å²) in [5.74, 6) is 2.23. The number of hydrogen-bond donors (Lipinski definition) is 0. The SMILES string of the molecule is Cc1onc(-c2ccccc2Cl)c1C(=O)N1CCN(c2ccc(Oc3ccccc3)nn2)CC1. The summed E-state index contributed by atoms with van der Waals surface area (Å²) in [5, 5.41) is 13.1. The third kappa shape index (κ3) is 4.45. The highest BCUT2D eigenvalue weighted by Crippen LogP contribution is 2.32. The number of anilines is 1. The molecule has 1 fully saturated rings. The van der Waals surface area contributed by atoms with Gasteiger partial charge in [-0.2, -0.15) is 0 Å². The fourth-order valence-corrected chi connectivity index (χ4v) is 4.13. The second kappa shape index (κ2) is 9.52. The highest BCUT2D eigenvalue weighted by Gasteiger charge is 2.29. The van der Waals surface area contributed by atoms with Crippen molar-refractivity contribution >= 4 is 23.3 Å². The third-order valence-corrected chi connectivity index (χ3v) is 6.02. The van der Waals surface area contributed by atoms with Crippen molar-refractivity contribution < 1.29 is 14.1 Å². The van der Waals surface area contributed by atoms with Gasteiger partial charge in [-0.15, -0.1) is 10.2 Å². The van der Waals surface area contributed by atoms with E-state index in [9.17, 15) is 4.79 Å². The van der Waals surface area contributed by atoms with Crippen LogP contribution in [0.15, 0.2) is 71.3 Å². The summed E-state index contributed by atoms with van der Waals surface area (Å²) < 4.78 is 11.1. The lowest BCUT2D eigenvalue weighted by molar-refractivity contribution is 0.0745. The highest BCUT2D eigenvalue weighted by atomic mass is 35.5. The first-order chi connectivity index (χ1) is 16.6. The minimum Gasteiger partial charge on any atom is -0.438 e. The molecule has 0 atom stereocenters. The molecule has 0 aliphatic carbocycles. The van der Waals surface area contributed by atoms with E-state index >= 15 is 0 Å². The zero-order valence-corrected chi connectivity index (χ0v) is 19.3. The van der Waals surface area contributed by atoms with E-state index < -0.39 is 0 Å². The van der Waals surface area contributed by atoms with Gasteiger partial charge in [-0.05, 0) is 31.2 Å². The molecule has 0 saturated carbocycles. The van der Waals surface area contributed by atoms with Crippen molar-refractivity contribution in [3.8, 4) is 22.9 Å². The van der Waals surface area contributed by atoms with Crippen LogP contribution in [-0.4, -0.2) is 52.3 Å². The van der Waals surface area contributed by atoms with Gasteiger partial charge in [0, 0.05) is 37.8 Å². The molecule has 172 valence electrons. The monoisotopic (exact) mass is 475 g/mol. The quantitative estimate of drug-likeness (QED) is 0.408. The molecule has 2 aromatic heterocycles. The smallest absolute Gasteiger partial charge is 0.259 e. The summed E-state index contributed by atoms with van der Waals surface area (Å²) in [6, 6.07) is 20.4. The van der Waals surface area contributed by atoms with E-state index in [0.29, 0.717) is 65.4 Å². The molecular formula is C25H22ClN5O3. The van der Waals surface area contributed by atoms with Crippen LogP contribution in [0.3, 0.4) is 0 Å². The van der Waals surface area contributed by atoms with E-state index in [4.69, 9.17) is 20.9 Å². The number of ether oxygens (including phenoxy) is 1. The second-order valence-electron chi connectivity index (χ2n) is 7.87. The van der Waals surface area contributed by atoms with Gasteiger partial charge in [0.15, 0.2) is 5.82 Å². The van der Waals surface area contributed by atoms with Crippen LogP contribution in [0.25, 0.3) is 11.3 Å². The van der Waals surface area contributed by atoms with Gasteiger partial charge in [0.1, 0.15) is 22.8 Å². The van der Waals surface area contributed by atoms with Crippen LogP contribution in [-0.2, 0) is 0 Å². The lowest BCUT2D eigenvalue weighted by Crippen LogP contribution is -2.49. The molecule has 1 aliphatic rings. The third-order valence-electron chi connectivity index (χ3n) is 5.69. The van der Waals surface area contributed by atoms with Crippen LogP contribution >= 0.6 is 11.6 Å². The zero-order valence-electron chi connectivity index (χ0n) is 18.5. The number of rotatable bonds is 5. The Morgan fingerprint density at radius 3 is 2.38 bits per heavy atom. The van der Waals surface area contributed by atoms with Crippen molar-refractivity contribution in [2.75, 3.05) is 31.1 Å². The van der Waals surface area contributed by atoms with Crippen LogP contribution in [0, 0.1) is 6.92 Å². The largest absolute Gasteiger partial charge is 0.438 e. The number of aryl methyl sites for hydroxylation is 1. The standard InChI is InChI=1S/C25H22ClN5O3/c1-17-23(24(29-34-17)19-9-5-6-10-20(19)26)25(32)31-15-13-30(14-16-31)21-11-12-22(28-27-21)33-18-7-3-2-4-8-18/h2-12H,13-16H2,1H3. The predicted octanol–water partition coefficient (Wildman–Crippen LogP) is 4.85. The summed E-state index contributed by atoms with van der Waals surface area (Å²) in [6.07, 6.45) is 0. The lowest BCUT2D eigenvalue weighted by Gasteiger charge is -2.35. The number of carbonyl (C=O) groups is 1. The summed E-state index contributed by atoms with van der Waals surface area (Å²) in [6.45, 7) is 4.08. The molecule has 1 amide bonds. The lowest BCUT2D eigenvalue weighted by atomic mass is 10.0. The van der Waals surface area contributed by atoms with Gasteiger partial charge in [0.2, 0.25) is 5.88 Å². The Labute approximate surface area is 201 Å². The Bertz CT molecular complexity index is 1290. The Balaban J connectivity index is 1.25. The zero-order chi connectivity index (χ0) is 23.5. The molecule has 8 nitrogen and oxygen atoms in total. The topological polar surface area (TPSA) is 84.6 Å². The van der Waals surface area contributed by atoms with E-state index in [2.05, 4.69) is 20.3 Å². The number of aromatic nitrogens is 3. The molecule has 1 saturated heterocycles. The maximum Gasteiger partial charge on any atom is 0.259 e. The molecule has 0 radical (unpaired) electrons. The summed E-state index contributed by atoms with van der Waals surface area (Å²) in [4.78, 5) is 17.3. The van der Waals surface area contributed by atoms with Crippen LogP contribution < -0.4 is 9.64 Å². The molecule has 34 heavy (non-hydrogen) atoms. The van der Waals surface area contributed by atoms with Gasteiger partial charge >= 0.3 is 0 Å². The van der Waals surface area contributed by atoms with Gasteiger partial charge < -0.3 is 19.1 Å². The summed E-state index contributed by atoms with van der Waals surface area (Å²) in [7, 11) is 0. The fraction of sp³-hybridized carbons (Fsp3) is 0.200. The van der Waals surface area contributed by atoms with Gasteiger partial charge in [0.05, 0.1) is 5.02 Å². The van der Waals surface area contributed by atoms with Crippen LogP contribution in [0.2, 0.25) is 5.02 Å². The average Bonchev–Trinajstić information content (AvgIpc) is 3.26. The van der Waals surface area contributed by atoms with E-state index in [0.717, 1.165) is 5.82 Å². The first kappa shape index (κ1) is 21.9. The molecule has 0 N–H and O–H groups in total. The number of para-hydroxylation sites is 1. The van der Waals surface area contributed by atoms with Gasteiger partial charge in [-0.25, -0.2) is 0 Å². The van der Waals surface area contributed by atoms with E-state index in [1.54, 1.807) is 24.0 Å². The number of halogens is 1. The molecule has 1 aliphatic heterocycles. The predicted molar refractivity (Wildman–Crippen MR) is 128 cm³/mol. The Morgan fingerprint density at radius 2 is 1.68 bits per heavy atom. The van der Waals surface area contributed by atoms with E-state index in [1.165, 1.54) is 0 Å². The molecule has 0 bridgehead atoms. The average molecular weight is 476 g/mol. The number of amides is 1. The number of piperazine rings is 1. The van der Waals surface area contributed by atoms with Crippen LogP contribution in [0.4, 0.5) is 5.82 Å². The first-order valence-electron chi connectivity index (χ1n) is 10.9. The summed E-state index contributed by atoms with van der Waals surface area (Å²) >= 11 is 6.34. The van der Waals surface area contributed by atoms with Crippen molar-refractivity contribution in [2.45, 2.75) is 6.92 Å². The maximum atomic E-state index is 13.4. The van der Waals surface area contributed by atoms with Crippen molar-refractivity contribution in [1.29, 1.82) is 0 Å². The maximum absolute atomic E-state index is 13.4. The van der Waals surface area contributed by atoms with Gasteiger partial charge in [-0.3, -0.25) is 4.79 Å². The minimum absolute atomic E-state index is 0.119. The molecule has 4 aromatic rings. The summed E-state index contributed by atoms with van der Waals surface area (Å²) in [5.41, 5.74) is 1.59. The van der Waals surface area contributed by atoms with Crippen molar-refractivity contribution in [2.24, 2.45) is 0 Å². The number of carbonyl (C=O) groups excluding carboxylic acids is 1. The molecule has 9 heteroatoms. The van der Waals surface area contributed by atoms with Crippen LogP contribution in [0.5, 0.6) is 11.6 Å². The number of hydrogen-bond acceptors (Lipinski definition) is 7. The molecule has 3 heterocycles. The van der Waals surface area contributed by atoms with Crippen molar-refractivity contribution in [3.63, 3.8) is 0 Å². The van der Waals surface area contributed by atoms with Crippen molar-refractivity contribution in [1.82, 2.24) is 20.3 Å². The normalized spacial score (nSPS) is 13.7. The van der Waals surface area contributed by atoms with E-state index in [1.807, 2.05) is 54.6 Å². The minimum atomic E-state index is -0.119. The Morgan fingerprint density at radius 1 is 0.941 bits per heavy atom. The van der Waals surface area contributed by atoms with Gasteiger partial charge in [0.25, 0.3) is 5.91 Å². The Hall–Kier alpha value is -3.91. The number of benzene rings is 2. The van der Waals surface area contributed by atoms with E-state index in [-0.39, 0.29) is 5.91 Å². The highest BCUT2D eigenvalue weighted by molar-refractivity contribution is 6.33.